The van der Waals surface area contributed by atoms with Gasteiger partial charge in [0.05, 0.1) is 23.7 Å². The van der Waals surface area contributed by atoms with Crippen molar-refractivity contribution in [1.82, 2.24) is 10.2 Å². The number of hydrogen-bond donors (Lipinski definition) is 1. The van der Waals surface area contributed by atoms with Crippen molar-refractivity contribution in [2.75, 3.05) is 6.54 Å². The van der Waals surface area contributed by atoms with E-state index in [0.717, 1.165) is 4.90 Å². The summed E-state index contributed by atoms with van der Waals surface area (Å²) >= 11 is 0. The lowest BCUT2D eigenvalue weighted by atomic mass is 10.00. The summed E-state index contributed by atoms with van der Waals surface area (Å²) in [7, 11) is 0. The van der Waals surface area contributed by atoms with E-state index in [1.54, 1.807) is 45.0 Å². The summed E-state index contributed by atoms with van der Waals surface area (Å²) in [6.45, 7) is 8.62. The van der Waals surface area contributed by atoms with Gasteiger partial charge in [0.15, 0.2) is 5.78 Å². The van der Waals surface area contributed by atoms with Crippen molar-refractivity contribution in [3.63, 3.8) is 0 Å². The number of fused-ring (bicyclic) bond motifs is 1. The van der Waals surface area contributed by atoms with Crippen LogP contribution in [0.2, 0.25) is 0 Å². The molecule has 0 radical (unpaired) electrons. The Morgan fingerprint density at radius 3 is 2.04 bits per heavy atom. The van der Waals surface area contributed by atoms with E-state index in [2.05, 4.69) is 5.32 Å². The van der Waals surface area contributed by atoms with Crippen LogP contribution in [0, 0.1) is 5.92 Å². The summed E-state index contributed by atoms with van der Waals surface area (Å²) in [6.07, 6.45) is -0.329. The van der Waals surface area contributed by atoms with Gasteiger partial charge >= 0.3 is 6.09 Å². The molecule has 1 atom stereocenters. The van der Waals surface area contributed by atoms with Gasteiger partial charge in [-0.1, -0.05) is 26.0 Å². The second-order valence-electron chi connectivity index (χ2n) is 8.04. The molecule has 1 aliphatic heterocycles. The molecule has 1 heterocycles. The molecule has 1 unspecified atom stereocenters. The summed E-state index contributed by atoms with van der Waals surface area (Å²) in [4.78, 5) is 50.6. The highest BCUT2D eigenvalue weighted by Crippen LogP contribution is 2.22. The zero-order valence-corrected chi connectivity index (χ0v) is 16.4. The van der Waals surface area contributed by atoms with Gasteiger partial charge in [-0.05, 0) is 45.2 Å². The summed E-state index contributed by atoms with van der Waals surface area (Å²) in [5.74, 6) is -1.28. The standard InChI is InChI=1S/C20H26N2O5/c1-12(2)10-15(21-19(26)27-20(3,4)5)16(23)11-22-17(24)13-8-6-7-9-14(13)18(22)25/h6-9,12,15H,10-11H2,1-5H3,(H,21,26). The van der Waals surface area contributed by atoms with E-state index in [9.17, 15) is 19.2 Å². The highest BCUT2D eigenvalue weighted by molar-refractivity contribution is 6.22. The highest BCUT2D eigenvalue weighted by atomic mass is 16.6. The summed E-state index contributed by atoms with van der Waals surface area (Å²) in [5.41, 5.74) is -0.121. The number of nitrogens with one attached hydrogen (secondary N) is 1. The number of hydrogen-bond acceptors (Lipinski definition) is 5. The minimum atomic E-state index is -0.843. The Kier molecular flexibility index (Phi) is 6.03. The van der Waals surface area contributed by atoms with Gasteiger partial charge in [-0.3, -0.25) is 19.3 Å². The van der Waals surface area contributed by atoms with Crippen LogP contribution < -0.4 is 5.32 Å². The molecule has 0 bridgehead atoms. The molecule has 1 N–H and O–H groups in total. The highest BCUT2D eigenvalue weighted by Gasteiger charge is 2.37. The summed E-state index contributed by atoms with van der Waals surface area (Å²) < 4.78 is 5.21. The van der Waals surface area contributed by atoms with Crippen molar-refractivity contribution in [3.8, 4) is 0 Å². The fourth-order valence-electron chi connectivity index (χ4n) is 2.84. The Bertz CT molecular complexity index is 729. The van der Waals surface area contributed by atoms with E-state index >= 15 is 0 Å². The Labute approximate surface area is 159 Å². The van der Waals surface area contributed by atoms with Gasteiger partial charge in [0.25, 0.3) is 11.8 Å². The molecule has 1 aromatic carbocycles. The number of rotatable bonds is 6. The molecule has 2 rings (SSSR count). The minimum absolute atomic E-state index is 0.121. The number of ketones is 1. The SMILES string of the molecule is CC(C)CC(NC(=O)OC(C)(C)C)C(=O)CN1C(=O)c2ccccc2C1=O. The van der Waals surface area contributed by atoms with E-state index in [0.29, 0.717) is 6.42 Å². The predicted molar refractivity (Wildman–Crippen MR) is 99.4 cm³/mol. The third-order valence-electron chi connectivity index (χ3n) is 3.98. The van der Waals surface area contributed by atoms with Gasteiger partial charge < -0.3 is 10.1 Å². The molecule has 0 aromatic heterocycles. The first-order chi connectivity index (χ1) is 12.5. The van der Waals surface area contributed by atoms with Crippen LogP contribution in [-0.2, 0) is 9.53 Å². The molecule has 1 aliphatic rings. The molecule has 0 saturated carbocycles. The molecule has 0 fully saturated rings. The molecule has 0 spiro atoms. The van der Waals surface area contributed by atoms with Crippen LogP contribution >= 0.6 is 0 Å². The number of carbonyl (C=O) groups is 4. The van der Waals surface area contributed by atoms with Gasteiger partial charge in [0, 0.05) is 0 Å². The van der Waals surface area contributed by atoms with E-state index in [1.807, 2.05) is 13.8 Å². The number of amides is 3. The zero-order valence-electron chi connectivity index (χ0n) is 16.4. The fourth-order valence-corrected chi connectivity index (χ4v) is 2.84. The van der Waals surface area contributed by atoms with Crippen LogP contribution in [0.15, 0.2) is 24.3 Å². The van der Waals surface area contributed by atoms with Crippen molar-refractivity contribution in [2.45, 2.75) is 52.7 Å². The normalized spacial score (nSPS) is 15.0. The van der Waals surface area contributed by atoms with Gasteiger partial charge in [0.2, 0.25) is 0 Å². The molecular formula is C20H26N2O5. The lowest BCUT2D eigenvalue weighted by Gasteiger charge is -2.25. The molecule has 1 aromatic rings. The second-order valence-corrected chi connectivity index (χ2v) is 8.04. The minimum Gasteiger partial charge on any atom is -0.444 e. The maximum absolute atomic E-state index is 12.8. The van der Waals surface area contributed by atoms with E-state index in [-0.39, 0.29) is 23.6 Å². The summed E-state index contributed by atoms with van der Waals surface area (Å²) in [5, 5.41) is 2.57. The van der Waals surface area contributed by atoms with Gasteiger partial charge in [0.1, 0.15) is 5.60 Å². The van der Waals surface area contributed by atoms with Crippen molar-refractivity contribution in [1.29, 1.82) is 0 Å². The Balaban J connectivity index is 2.11. The smallest absolute Gasteiger partial charge is 0.408 e. The molecule has 3 amide bonds. The van der Waals surface area contributed by atoms with Gasteiger partial charge in [-0.25, -0.2) is 4.79 Å². The number of ether oxygens (including phenoxy) is 1. The number of benzene rings is 1. The van der Waals surface area contributed by atoms with Crippen molar-refractivity contribution < 1.29 is 23.9 Å². The maximum Gasteiger partial charge on any atom is 0.408 e. The van der Waals surface area contributed by atoms with Crippen LogP contribution in [0.3, 0.4) is 0 Å². The topological polar surface area (TPSA) is 92.8 Å². The molecule has 0 saturated heterocycles. The average Bonchev–Trinajstić information content (AvgIpc) is 2.77. The first-order valence-electron chi connectivity index (χ1n) is 8.97. The molecule has 7 nitrogen and oxygen atoms in total. The molecule has 7 heteroatoms. The number of imide groups is 1. The number of alkyl carbamates (subject to hydrolysis) is 1. The quantitative estimate of drug-likeness (QED) is 0.773. The van der Waals surface area contributed by atoms with Gasteiger partial charge in [-0.15, -0.1) is 0 Å². The molecule has 146 valence electrons. The van der Waals surface area contributed by atoms with E-state index in [1.165, 1.54) is 0 Å². The molecular weight excluding hydrogens is 348 g/mol. The third-order valence-corrected chi connectivity index (χ3v) is 3.98. The largest absolute Gasteiger partial charge is 0.444 e. The zero-order chi connectivity index (χ0) is 20.4. The average molecular weight is 374 g/mol. The number of carbonyl (C=O) groups excluding carboxylic acids is 4. The lowest BCUT2D eigenvalue weighted by Crippen LogP contribution is -2.48. The second kappa shape index (κ2) is 7.90. The van der Waals surface area contributed by atoms with Crippen LogP contribution in [0.25, 0.3) is 0 Å². The molecule has 0 aliphatic carbocycles. The van der Waals surface area contributed by atoms with Crippen molar-refractivity contribution in [3.05, 3.63) is 35.4 Å². The third kappa shape index (κ3) is 5.15. The maximum atomic E-state index is 12.8. The van der Waals surface area contributed by atoms with Gasteiger partial charge in [-0.2, -0.15) is 0 Å². The van der Waals surface area contributed by atoms with Crippen LogP contribution in [0.5, 0.6) is 0 Å². The van der Waals surface area contributed by atoms with Crippen molar-refractivity contribution in [2.24, 2.45) is 5.92 Å². The van der Waals surface area contributed by atoms with E-state index < -0.39 is 35.3 Å². The first kappa shape index (κ1) is 20.6. The Hall–Kier alpha value is -2.70. The number of Topliss-reactive ketones (excluding diaryl/α,β-unsaturated/α-hetero) is 1. The fraction of sp³-hybridized carbons (Fsp3) is 0.500. The van der Waals surface area contributed by atoms with Crippen LogP contribution in [0.4, 0.5) is 4.79 Å². The van der Waals surface area contributed by atoms with Crippen LogP contribution in [0.1, 0.15) is 61.8 Å². The predicted octanol–water partition coefficient (Wildman–Crippen LogP) is 2.79. The Morgan fingerprint density at radius 2 is 1.59 bits per heavy atom. The van der Waals surface area contributed by atoms with Crippen molar-refractivity contribution >= 4 is 23.7 Å². The lowest BCUT2D eigenvalue weighted by molar-refractivity contribution is -0.121. The first-order valence-corrected chi connectivity index (χ1v) is 8.97. The Morgan fingerprint density at radius 1 is 1.07 bits per heavy atom. The number of nitrogens with zero attached hydrogens (tertiary/aromatic N) is 1. The summed E-state index contributed by atoms with van der Waals surface area (Å²) in [6, 6.07) is 5.61. The van der Waals surface area contributed by atoms with Crippen LogP contribution in [-0.4, -0.2) is 46.8 Å². The monoisotopic (exact) mass is 374 g/mol. The molecule has 27 heavy (non-hydrogen) atoms. The van der Waals surface area contributed by atoms with E-state index in [4.69, 9.17) is 4.74 Å².